The van der Waals surface area contributed by atoms with Gasteiger partial charge in [-0.15, -0.1) is 0 Å². The molecule has 2 aromatic rings. The molecule has 0 amide bonds. The maximum absolute atomic E-state index is 4.49. The highest BCUT2D eigenvalue weighted by atomic mass is 15.2. The Bertz CT molecular complexity index is 561. The average molecular weight is 256 g/mol. The third-order valence-corrected chi connectivity index (χ3v) is 3.79. The van der Waals surface area contributed by atoms with Crippen molar-refractivity contribution in [2.24, 2.45) is 0 Å². The van der Waals surface area contributed by atoms with Crippen molar-refractivity contribution in [3.63, 3.8) is 0 Å². The van der Waals surface area contributed by atoms with Crippen LogP contribution in [0.1, 0.15) is 19.7 Å². The number of nitrogens with zero attached hydrogens (tertiary/aromatic N) is 3. The van der Waals surface area contributed by atoms with Crippen LogP contribution in [0.2, 0.25) is 0 Å². The zero-order valence-corrected chi connectivity index (χ0v) is 11.5. The van der Waals surface area contributed by atoms with Gasteiger partial charge >= 0.3 is 0 Å². The molecule has 0 radical (unpaired) electrons. The standard InChI is InChI=1S/C15H20N4/c1-3-18-9-8-16-15(18)11-19-12(2)10-17-13-6-4-5-7-14(13)19/h4-9,12,17H,3,10-11H2,1-2H3. The van der Waals surface area contributed by atoms with Gasteiger partial charge in [0.1, 0.15) is 5.82 Å². The molecule has 0 saturated carbocycles. The van der Waals surface area contributed by atoms with Crippen molar-refractivity contribution < 1.29 is 0 Å². The SMILES string of the molecule is CCn1ccnc1CN1c2ccccc2NCC1C. The van der Waals surface area contributed by atoms with Gasteiger partial charge in [-0.3, -0.25) is 0 Å². The van der Waals surface area contributed by atoms with Crippen molar-refractivity contribution in [1.29, 1.82) is 0 Å². The number of para-hydroxylation sites is 2. The van der Waals surface area contributed by atoms with E-state index in [4.69, 9.17) is 0 Å². The molecule has 4 nitrogen and oxygen atoms in total. The van der Waals surface area contributed by atoms with Crippen LogP contribution >= 0.6 is 0 Å². The number of rotatable bonds is 3. The second-order valence-electron chi connectivity index (χ2n) is 5.00. The van der Waals surface area contributed by atoms with Crippen LogP contribution < -0.4 is 10.2 Å². The fourth-order valence-electron chi connectivity index (χ4n) is 2.65. The number of aromatic nitrogens is 2. The van der Waals surface area contributed by atoms with Gasteiger partial charge < -0.3 is 14.8 Å². The number of anilines is 2. The van der Waals surface area contributed by atoms with E-state index in [0.29, 0.717) is 6.04 Å². The topological polar surface area (TPSA) is 33.1 Å². The van der Waals surface area contributed by atoms with Crippen LogP contribution in [0.5, 0.6) is 0 Å². The minimum Gasteiger partial charge on any atom is -0.381 e. The van der Waals surface area contributed by atoms with Crippen LogP contribution in [-0.2, 0) is 13.1 Å². The van der Waals surface area contributed by atoms with Gasteiger partial charge in [-0.2, -0.15) is 0 Å². The summed E-state index contributed by atoms with van der Waals surface area (Å²) in [6.45, 7) is 7.21. The fraction of sp³-hybridized carbons (Fsp3) is 0.400. The normalized spacial score (nSPS) is 18.0. The minimum atomic E-state index is 0.469. The monoisotopic (exact) mass is 256 g/mol. The lowest BCUT2D eigenvalue weighted by atomic mass is 10.1. The molecule has 19 heavy (non-hydrogen) atoms. The van der Waals surface area contributed by atoms with E-state index >= 15 is 0 Å². The molecule has 0 bridgehead atoms. The van der Waals surface area contributed by atoms with Crippen LogP contribution in [0.25, 0.3) is 0 Å². The number of fused-ring (bicyclic) bond motifs is 1. The van der Waals surface area contributed by atoms with E-state index in [0.717, 1.165) is 25.5 Å². The predicted molar refractivity (Wildman–Crippen MR) is 78.5 cm³/mol. The van der Waals surface area contributed by atoms with E-state index in [2.05, 4.69) is 57.9 Å². The molecule has 3 rings (SSSR count). The Morgan fingerprint density at radius 1 is 1.37 bits per heavy atom. The first-order valence-electron chi connectivity index (χ1n) is 6.89. The number of hydrogen-bond acceptors (Lipinski definition) is 3. The molecule has 1 atom stereocenters. The Morgan fingerprint density at radius 3 is 3.05 bits per heavy atom. The Hall–Kier alpha value is -1.97. The number of aryl methyl sites for hydroxylation is 1. The van der Waals surface area contributed by atoms with Crippen molar-refractivity contribution in [3.05, 3.63) is 42.5 Å². The molecule has 2 heterocycles. The van der Waals surface area contributed by atoms with Crippen LogP contribution in [0, 0.1) is 0 Å². The minimum absolute atomic E-state index is 0.469. The molecule has 0 fully saturated rings. The molecule has 1 unspecified atom stereocenters. The van der Waals surface area contributed by atoms with Gasteiger partial charge in [-0.05, 0) is 26.0 Å². The molecule has 0 spiro atoms. The molecule has 1 aromatic carbocycles. The lowest BCUT2D eigenvalue weighted by Gasteiger charge is -2.37. The lowest BCUT2D eigenvalue weighted by molar-refractivity contribution is 0.600. The number of nitrogens with one attached hydrogen (secondary N) is 1. The smallest absolute Gasteiger partial charge is 0.128 e. The summed E-state index contributed by atoms with van der Waals surface area (Å²) in [7, 11) is 0. The Labute approximate surface area is 114 Å². The Balaban J connectivity index is 1.92. The predicted octanol–water partition coefficient (Wildman–Crippen LogP) is 2.72. The number of imidazole rings is 1. The highest BCUT2D eigenvalue weighted by Gasteiger charge is 2.23. The van der Waals surface area contributed by atoms with E-state index in [1.807, 2.05) is 12.4 Å². The van der Waals surface area contributed by atoms with Gasteiger partial charge in [0, 0.05) is 31.5 Å². The molecule has 0 saturated heterocycles. The Kier molecular flexibility index (Phi) is 3.15. The molecular weight excluding hydrogens is 236 g/mol. The van der Waals surface area contributed by atoms with E-state index in [-0.39, 0.29) is 0 Å². The van der Waals surface area contributed by atoms with E-state index in [1.54, 1.807) is 0 Å². The summed E-state index contributed by atoms with van der Waals surface area (Å²) in [5.74, 6) is 1.13. The van der Waals surface area contributed by atoms with Crippen molar-refractivity contribution >= 4 is 11.4 Å². The maximum Gasteiger partial charge on any atom is 0.128 e. The van der Waals surface area contributed by atoms with Gasteiger partial charge in [0.25, 0.3) is 0 Å². The molecule has 100 valence electrons. The van der Waals surface area contributed by atoms with Crippen molar-refractivity contribution in [2.45, 2.75) is 33.0 Å². The van der Waals surface area contributed by atoms with E-state index in [1.165, 1.54) is 11.4 Å². The van der Waals surface area contributed by atoms with E-state index in [9.17, 15) is 0 Å². The van der Waals surface area contributed by atoms with Gasteiger partial charge in [0.05, 0.1) is 17.9 Å². The lowest BCUT2D eigenvalue weighted by Crippen LogP contribution is -2.42. The van der Waals surface area contributed by atoms with E-state index < -0.39 is 0 Å². The second kappa shape index (κ2) is 4.96. The zero-order chi connectivity index (χ0) is 13.2. The molecule has 4 heteroatoms. The third kappa shape index (κ3) is 2.18. The molecular formula is C15H20N4. The fourth-order valence-corrected chi connectivity index (χ4v) is 2.65. The van der Waals surface area contributed by atoms with Crippen molar-refractivity contribution in [2.75, 3.05) is 16.8 Å². The first-order valence-corrected chi connectivity index (χ1v) is 6.89. The summed E-state index contributed by atoms with van der Waals surface area (Å²) < 4.78 is 2.21. The second-order valence-corrected chi connectivity index (χ2v) is 5.00. The summed E-state index contributed by atoms with van der Waals surface area (Å²) >= 11 is 0. The summed E-state index contributed by atoms with van der Waals surface area (Å²) in [4.78, 5) is 6.92. The average Bonchev–Trinajstić information content (AvgIpc) is 2.89. The van der Waals surface area contributed by atoms with Crippen LogP contribution in [-0.4, -0.2) is 22.1 Å². The van der Waals surface area contributed by atoms with Gasteiger partial charge in [0.15, 0.2) is 0 Å². The molecule has 1 N–H and O–H groups in total. The van der Waals surface area contributed by atoms with Gasteiger partial charge in [-0.25, -0.2) is 4.98 Å². The summed E-state index contributed by atoms with van der Waals surface area (Å²) in [5, 5.41) is 3.48. The van der Waals surface area contributed by atoms with Crippen molar-refractivity contribution in [3.8, 4) is 0 Å². The highest BCUT2D eigenvalue weighted by Crippen LogP contribution is 2.31. The first kappa shape index (κ1) is 12.1. The highest BCUT2D eigenvalue weighted by molar-refractivity contribution is 5.72. The van der Waals surface area contributed by atoms with Gasteiger partial charge in [-0.1, -0.05) is 12.1 Å². The third-order valence-electron chi connectivity index (χ3n) is 3.79. The molecule has 1 aromatic heterocycles. The summed E-state index contributed by atoms with van der Waals surface area (Å²) in [6.07, 6.45) is 3.94. The van der Waals surface area contributed by atoms with Crippen molar-refractivity contribution in [1.82, 2.24) is 9.55 Å². The first-order chi connectivity index (χ1) is 9.29. The largest absolute Gasteiger partial charge is 0.381 e. The molecule has 0 aliphatic carbocycles. The quantitative estimate of drug-likeness (QED) is 0.916. The van der Waals surface area contributed by atoms with Gasteiger partial charge in [0.2, 0.25) is 0 Å². The Morgan fingerprint density at radius 2 is 2.21 bits per heavy atom. The molecule has 1 aliphatic heterocycles. The van der Waals surface area contributed by atoms with Crippen LogP contribution in [0.15, 0.2) is 36.7 Å². The van der Waals surface area contributed by atoms with Crippen LogP contribution in [0.4, 0.5) is 11.4 Å². The zero-order valence-electron chi connectivity index (χ0n) is 11.5. The number of hydrogen-bond donors (Lipinski definition) is 1. The number of benzene rings is 1. The summed E-state index contributed by atoms with van der Waals surface area (Å²) in [6, 6.07) is 8.96. The summed E-state index contributed by atoms with van der Waals surface area (Å²) in [5.41, 5.74) is 2.49. The molecule has 1 aliphatic rings. The van der Waals surface area contributed by atoms with Crippen LogP contribution in [0.3, 0.4) is 0 Å². The maximum atomic E-state index is 4.49.